The minimum absolute atomic E-state index is 0.270. The minimum Gasteiger partial charge on any atom is -0.409 e. The lowest BCUT2D eigenvalue weighted by atomic mass is 10.2. The second kappa shape index (κ2) is 5.75. The second-order valence-corrected chi connectivity index (χ2v) is 4.13. The van der Waals surface area contributed by atoms with Gasteiger partial charge >= 0.3 is 0 Å². The lowest BCUT2D eigenvalue weighted by Crippen LogP contribution is -2.11. The molecule has 1 heterocycles. The zero-order valence-electron chi connectivity index (χ0n) is 9.57. The largest absolute Gasteiger partial charge is 0.409 e. The molecule has 6 heteroatoms. The van der Waals surface area contributed by atoms with Crippen molar-refractivity contribution in [3.63, 3.8) is 0 Å². The highest BCUT2D eigenvalue weighted by Gasteiger charge is 2.08. The highest BCUT2D eigenvalue weighted by atomic mass is 35.5. The van der Waals surface area contributed by atoms with Crippen molar-refractivity contribution in [2.75, 3.05) is 0 Å². The molecule has 0 aliphatic rings. The Kier molecular flexibility index (Phi) is 4.61. The summed E-state index contributed by atoms with van der Waals surface area (Å²) in [4.78, 5) is 0. The smallest absolute Gasteiger partial charge is 0.139 e. The Bertz CT molecular complexity index is 386. The van der Waals surface area contributed by atoms with Crippen molar-refractivity contribution in [1.82, 2.24) is 9.78 Å². The number of aromatic nitrogens is 2. The molecule has 0 bridgehead atoms. The molecule has 0 fully saturated rings. The number of oxime groups is 1. The summed E-state index contributed by atoms with van der Waals surface area (Å²) < 4.78 is 1.89. The van der Waals surface area contributed by atoms with Gasteiger partial charge in [0.15, 0.2) is 0 Å². The number of nitrogens with zero attached hydrogens (tertiary/aromatic N) is 3. The normalized spacial score (nSPS) is 12.1. The standard InChI is InChI=1S/C10H17ClN4O/c1-7-10(11)8(2)15(13-7)6-4-3-5-9(12)14-16/h16H,3-6H2,1-2H3,(H2,12,14). The Hall–Kier alpha value is -1.23. The lowest BCUT2D eigenvalue weighted by molar-refractivity contribution is 0.316. The highest BCUT2D eigenvalue weighted by molar-refractivity contribution is 6.31. The van der Waals surface area contributed by atoms with E-state index < -0.39 is 0 Å². The first-order valence-electron chi connectivity index (χ1n) is 5.22. The van der Waals surface area contributed by atoms with E-state index in [2.05, 4.69) is 10.3 Å². The number of hydrogen-bond acceptors (Lipinski definition) is 3. The number of halogens is 1. The van der Waals surface area contributed by atoms with E-state index in [0.717, 1.165) is 35.8 Å². The Morgan fingerprint density at radius 1 is 1.50 bits per heavy atom. The molecule has 0 aliphatic heterocycles. The van der Waals surface area contributed by atoms with E-state index in [1.54, 1.807) is 0 Å². The summed E-state index contributed by atoms with van der Waals surface area (Å²) in [6.07, 6.45) is 2.39. The number of hydrogen-bond donors (Lipinski definition) is 2. The highest BCUT2D eigenvalue weighted by Crippen LogP contribution is 2.19. The van der Waals surface area contributed by atoms with Crippen LogP contribution in [-0.4, -0.2) is 20.8 Å². The third-order valence-electron chi connectivity index (χ3n) is 2.47. The van der Waals surface area contributed by atoms with E-state index in [4.69, 9.17) is 22.5 Å². The molecule has 1 aromatic heterocycles. The summed E-state index contributed by atoms with van der Waals surface area (Å²) in [5, 5.41) is 16.3. The predicted octanol–water partition coefficient (Wildman–Crippen LogP) is 2.07. The molecule has 3 N–H and O–H groups in total. The Balaban J connectivity index is 2.41. The van der Waals surface area contributed by atoms with Crippen molar-refractivity contribution in [3.8, 4) is 0 Å². The molecule has 0 aliphatic carbocycles. The van der Waals surface area contributed by atoms with E-state index >= 15 is 0 Å². The van der Waals surface area contributed by atoms with E-state index in [9.17, 15) is 0 Å². The van der Waals surface area contributed by atoms with E-state index in [1.165, 1.54) is 0 Å². The Labute approximate surface area is 99.9 Å². The monoisotopic (exact) mass is 244 g/mol. The van der Waals surface area contributed by atoms with Gasteiger partial charge in [-0.25, -0.2) is 0 Å². The third-order valence-corrected chi connectivity index (χ3v) is 3.02. The molecule has 0 saturated heterocycles. The van der Waals surface area contributed by atoms with Gasteiger partial charge in [-0.2, -0.15) is 5.10 Å². The summed E-state index contributed by atoms with van der Waals surface area (Å²) >= 11 is 6.03. The van der Waals surface area contributed by atoms with Crippen LogP contribution in [0.15, 0.2) is 5.16 Å². The van der Waals surface area contributed by atoms with Gasteiger partial charge in [-0.1, -0.05) is 16.8 Å². The van der Waals surface area contributed by atoms with Gasteiger partial charge < -0.3 is 10.9 Å². The third kappa shape index (κ3) is 3.13. The molecule has 90 valence electrons. The first-order chi connectivity index (χ1) is 7.56. The van der Waals surface area contributed by atoms with Crippen molar-refractivity contribution in [2.24, 2.45) is 10.9 Å². The quantitative estimate of drug-likeness (QED) is 0.274. The second-order valence-electron chi connectivity index (χ2n) is 3.76. The lowest BCUT2D eigenvalue weighted by Gasteiger charge is -2.03. The van der Waals surface area contributed by atoms with Gasteiger partial charge in [0.25, 0.3) is 0 Å². The van der Waals surface area contributed by atoms with Gasteiger partial charge in [0.05, 0.1) is 16.4 Å². The molecule has 5 nitrogen and oxygen atoms in total. The molecule has 0 radical (unpaired) electrons. The van der Waals surface area contributed by atoms with Crippen LogP contribution in [0.4, 0.5) is 0 Å². The fraction of sp³-hybridized carbons (Fsp3) is 0.600. The summed E-state index contributed by atoms with van der Waals surface area (Å²) in [6, 6.07) is 0. The minimum atomic E-state index is 0.270. The summed E-state index contributed by atoms with van der Waals surface area (Å²) in [6.45, 7) is 4.65. The van der Waals surface area contributed by atoms with Crippen LogP contribution in [0, 0.1) is 13.8 Å². The number of amidine groups is 1. The Morgan fingerprint density at radius 2 is 2.19 bits per heavy atom. The zero-order chi connectivity index (χ0) is 12.1. The summed E-state index contributed by atoms with van der Waals surface area (Å²) in [5.41, 5.74) is 7.21. The molecule has 0 spiro atoms. The van der Waals surface area contributed by atoms with Crippen LogP contribution in [0.2, 0.25) is 5.02 Å². The molecule has 1 aromatic rings. The molecule has 0 aromatic carbocycles. The van der Waals surface area contributed by atoms with Gasteiger partial charge in [-0.3, -0.25) is 4.68 Å². The SMILES string of the molecule is Cc1nn(CCCCC(N)=NO)c(C)c1Cl. The van der Waals surface area contributed by atoms with Gasteiger partial charge in [0.2, 0.25) is 0 Å². The van der Waals surface area contributed by atoms with E-state index in [1.807, 2.05) is 18.5 Å². The molecule has 0 saturated carbocycles. The van der Waals surface area contributed by atoms with Crippen molar-refractivity contribution in [3.05, 3.63) is 16.4 Å². The maximum atomic E-state index is 8.36. The van der Waals surface area contributed by atoms with E-state index in [-0.39, 0.29) is 5.84 Å². The van der Waals surface area contributed by atoms with Crippen LogP contribution >= 0.6 is 11.6 Å². The van der Waals surface area contributed by atoms with Crippen molar-refractivity contribution in [1.29, 1.82) is 0 Å². The summed E-state index contributed by atoms with van der Waals surface area (Å²) in [7, 11) is 0. The van der Waals surface area contributed by atoms with Gasteiger partial charge in [-0.15, -0.1) is 0 Å². The number of unbranched alkanes of at least 4 members (excludes halogenated alkanes) is 1. The van der Waals surface area contributed by atoms with Gasteiger partial charge in [0.1, 0.15) is 5.84 Å². The molecule has 0 unspecified atom stereocenters. The fourth-order valence-electron chi connectivity index (χ4n) is 1.51. The van der Waals surface area contributed by atoms with Crippen molar-refractivity contribution >= 4 is 17.4 Å². The topological polar surface area (TPSA) is 76.4 Å². The number of aryl methyl sites for hydroxylation is 2. The van der Waals surface area contributed by atoms with Crippen LogP contribution in [0.5, 0.6) is 0 Å². The van der Waals surface area contributed by atoms with Crippen molar-refractivity contribution < 1.29 is 5.21 Å². The summed E-state index contributed by atoms with van der Waals surface area (Å²) in [5.74, 6) is 0.270. The van der Waals surface area contributed by atoms with Crippen LogP contribution < -0.4 is 5.73 Å². The molecule has 0 amide bonds. The molecular weight excluding hydrogens is 228 g/mol. The first-order valence-corrected chi connectivity index (χ1v) is 5.60. The van der Waals surface area contributed by atoms with Crippen LogP contribution in [0.25, 0.3) is 0 Å². The fourth-order valence-corrected chi connectivity index (χ4v) is 1.65. The average molecular weight is 245 g/mol. The van der Waals surface area contributed by atoms with Crippen LogP contribution in [0.1, 0.15) is 30.7 Å². The van der Waals surface area contributed by atoms with Gasteiger partial charge in [0, 0.05) is 13.0 Å². The maximum absolute atomic E-state index is 8.36. The average Bonchev–Trinajstić information content (AvgIpc) is 2.52. The molecule has 0 atom stereocenters. The number of rotatable bonds is 5. The van der Waals surface area contributed by atoms with Gasteiger partial charge in [-0.05, 0) is 26.7 Å². The van der Waals surface area contributed by atoms with E-state index in [0.29, 0.717) is 6.42 Å². The van der Waals surface area contributed by atoms with Crippen LogP contribution in [-0.2, 0) is 6.54 Å². The Morgan fingerprint density at radius 3 is 2.69 bits per heavy atom. The molecular formula is C10H17ClN4O. The molecule has 1 rings (SSSR count). The van der Waals surface area contributed by atoms with Crippen molar-refractivity contribution in [2.45, 2.75) is 39.7 Å². The zero-order valence-corrected chi connectivity index (χ0v) is 10.3. The predicted molar refractivity (Wildman–Crippen MR) is 64.0 cm³/mol. The number of nitrogens with two attached hydrogens (primary N) is 1. The first kappa shape index (κ1) is 12.8. The van der Waals surface area contributed by atoms with Crippen LogP contribution in [0.3, 0.4) is 0 Å². The maximum Gasteiger partial charge on any atom is 0.139 e. The molecule has 16 heavy (non-hydrogen) atoms.